The maximum Gasteiger partial charge on any atom is 0.171 e. The Labute approximate surface area is 125 Å². The van der Waals surface area contributed by atoms with Crippen molar-refractivity contribution >= 4 is 11.6 Å². The molecule has 0 amide bonds. The van der Waals surface area contributed by atoms with Gasteiger partial charge in [-0.25, -0.2) is 4.39 Å². The second kappa shape index (κ2) is 5.63. The summed E-state index contributed by atoms with van der Waals surface area (Å²) < 4.78 is 15.7. The van der Waals surface area contributed by atoms with Gasteiger partial charge < -0.3 is 5.11 Å². The van der Waals surface area contributed by atoms with Gasteiger partial charge in [-0.05, 0) is 30.3 Å². The van der Waals surface area contributed by atoms with Crippen molar-refractivity contribution in [2.45, 2.75) is 6.61 Å². The van der Waals surface area contributed by atoms with Crippen LogP contribution < -0.4 is 0 Å². The van der Waals surface area contributed by atoms with Gasteiger partial charge in [0.25, 0.3) is 0 Å². The molecule has 0 saturated heterocycles. The third-order valence-corrected chi connectivity index (χ3v) is 3.29. The molecule has 0 spiro atoms. The van der Waals surface area contributed by atoms with E-state index in [2.05, 4.69) is 10.2 Å². The number of nitrogens with zero attached hydrogens (tertiary/aromatic N) is 3. The summed E-state index contributed by atoms with van der Waals surface area (Å²) >= 11 is 5.77. The van der Waals surface area contributed by atoms with Gasteiger partial charge in [0, 0.05) is 10.7 Å². The molecule has 0 atom stereocenters. The highest BCUT2D eigenvalue weighted by Gasteiger charge is 2.17. The van der Waals surface area contributed by atoms with E-state index >= 15 is 0 Å². The maximum atomic E-state index is 14.1. The van der Waals surface area contributed by atoms with Crippen LogP contribution in [-0.2, 0) is 6.61 Å². The minimum Gasteiger partial charge on any atom is -0.388 e. The van der Waals surface area contributed by atoms with Crippen molar-refractivity contribution in [3.05, 3.63) is 65.2 Å². The molecular formula is C15H11ClFN3O. The molecule has 0 fully saturated rings. The van der Waals surface area contributed by atoms with Crippen LogP contribution >= 0.6 is 11.6 Å². The lowest BCUT2D eigenvalue weighted by Crippen LogP contribution is -2.03. The SMILES string of the molecule is OCc1nnc(-c2ccc(Cl)cc2F)n1-c1ccccc1. The molecule has 0 radical (unpaired) electrons. The monoisotopic (exact) mass is 303 g/mol. The smallest absolute Gasteiger partial charge is 0.171 e. The van der Waals surface area contributed by atoms with Gasteiger partial charge in [0.2, 0.25) is 0 Å². The Balaban J connectivity index is 2.22. The van der Waals surface area contributed by atoms with E-state index < -0.39 is 5.82 Å². The van der Waals surface area contributed by atoms with E-state index in [1.807, 2.05) is 30.3 Å². The van der Waals surface area contributed by atoms with Gasteiger partial charge in [-0.2, -0.15) is 0 Å². The van der Waals surface area contributed by atoms with E-state index in [1.165, 1.54) is 6.07 Å². The molecule has 0 saturated carbocycles. The van der Waals surface area contributed by atoms with Gasteiger partial charge in [0.05, 0.1) is 5.56 Å². The van der Waals surface area contributed by atoms with E-state index in [1.54, 1.807) is 16.7 Å². The number of hydrogen-bond donors (Lipinski definition) is 1. The number of rotatable bonds is 3. The van der Waals surface area contributed by atoms with Crippen LogP contribution in [0.2, 0.25) is 5.02 Å². The molecule has 0 aliphatic rings. The van der Waals surface area contributed by atoms with Crippen LogP contribution in [0.5, 0.6) is 0 Å². The molecule has 106 valence electrons. The standard InChI is InChI=1S/C15H11ClFN3O/c16-10-6-7-12(13(17)8-10)15-19-18-14(9-21)20(15)11-4-2-1-3-5-11/h1-8,21H,9H2. The Hall–Kier alpha value is -2.24. The second-order valence-corrected chi connectivity index (χ2v) is 4.83. The van der Waals surface area contributed by atoms with E-state index in [0.717, 1.165) is 5.69 Å². The molecule has 6 heteroatoms. The van der Waals surface area contributed by atoms with Crippen LogP contribution in [0.3, 0.4) is 0 Å². The van der Waals surface area contributed by atoms with Crippen molar-refractivity contribution < 1.29 is 9.50 Å². The maximum absolute atomic E-state index is 14.1. The summed E-state index contributed by atoms with van der Waals surface area (Å²) in [6.07, 6.45) is 0. The number of hydrogen-bond acceptors (Lipinski definition) is 3. The summed E-state index contributed by atoms with van der Waals surface area (Å²) in [6, 6.07) is 13.6. The van der Waals surface area contributed by atoms with E-state index in [9.17, 15) is 9.50 Å². The number of aliphatic hydroxyl groups is 1. The van der Waals surface area contributed by atoms with Crippen LogP contribution in [-0.4, -0.2) is 19.9 Å². The van der Waals surface area contributed by atoms with Crippen molar-refractivity contribution in [2.75, 3.05) is 0 Å². The first-order valence-corrected chi connectivity index (χ1v) is 6.64. The van der Waals surface area contributed by atoms with Crippen LogP contribution in [0.15, 0.2) is 48.5 Å². The van der Waals surface area contributed by atoms with Crippen LogP contribution in [0.1, 0.15) is 5.82 Å². The zero-order valence-electron chi connectivity index (χ0n) is 10.9. The van der Waals surface area contributed by atoms with Gasteiger partial charge in [-0.3, -0.25) is 4.57 Å². The summed E-state index contributed by atoms with van der Waals surface area (Å²) in [5, 5.41) is 17.6. The normalized spacial score (nSPS) is 10.8. The summed E-state index contributed by atoms with van der Waals surface area (Å²) in [5.41, 5.74) is 1.02. The highest BCUT2D eigenvalue weighted by atomic mass is 35.5. The van der Waals surface area contributed by atoms with Crippen molar-refractivity contribution in [1.82, 2.24) is 14.8 Å². The van der Waals surface area contributed by atoms with Crippen LogP contribution in [0.25, 0.3) is 17.1 Å². The third-order valence-electron chi connectivity index (χ3n) is 3.06. The van der Waals surface area contributed by atoms with Crippen molar-refractivity contribution in [3.8, 4) is 17.1 Å². The van der Waals surface area contributed by atoms with E-state index in [-0.39, 0.29) is 12.2 Å². The first-order valence-electron chi connectivity index (χ1n) is 6.26. The number of para-hydroxylation sites is 1. The Kier molecular flexibility index (Phi) is 3.68. The summed E-state index contributed by atoms with van der Waals surface area (Å²) in [6.45, 7) is -0.295. The fraction of sp³-hybridized carbons (Fsp3) is 0.0667. The summed E-state index contributed by atoms with van der Waals surface area (Å²) in [5.74, 6) is 0.168. The van der Waals surface area contributed by atoms with Crippen molar-refractivity contribution in [2.24, 2.45) is 0 Å². The summed E-state index contributed by atoms with van der Waals surface area (Å²) in [4.78, 5) is 0. The second-order valence-electron chi connectivity index (χ2n) is 4.39. The highest BCUT2D eigenvalue weighted by molar-refractivity contribution is 6.30. The Bertz CT molecular complexity index is 774. The molecular weight excluding hydrogens is 293 g/mol. The average Bonchev–Trinajstić information content (AvgIpc) is 2.92. The average molecular weight is 304 g/mol. The molecule has 3 aromatic rings. The fourth-order valence-corrected chi connectivity index (χ4v) is 2.27. The predicted molar refractivity (Wildman–Crippen MR) is 77.7 cm³/mol. The zero-order chi connectivity index (χ0) is 14.8. The molecule has 0 aliphatic carbocycles. The number of aliphatic hydroxyl groups excluding tert-OH is 1. The number of halogens is 2. The van der Waals surface area contributed by atoms with Gasteiger partial charge >= 0.3 is 0 Å². The Morgan fingerprint density at radius 3 is 2.52 bits per heavy atom. The molecule has 1 N–H and O–H groups in total. The largest absolute Gasteiger partial charge is 0.388 e. The van der Waals surface area contributed by atoms with Gasteiger partial charge in [0.15, 0.2) is 11.6 Å². The third kappa shape index (κ3) is 2.53. The minimum atomic E-state index is -0.489. The predicted octanol–water partition coefficient (Wildman–Crippen LogP) is 3.22. The topological polar surface area (TPSA) is 50.9 Å². The lowest BCUT2D eigenvalue weighted by Gasteiger charge is -2.10. The fourth-order valence-electron chi connectivity index (χ4n) is 2.11. The quantitative estimate of drug-likeness (QED) is 0.808. The number of aromatic nitrogens is 3. The van der Waals surface area contributed by atoms with Gasteiger partial charge in [0.1, 0.15) is 12.4 Å². The molecule has 2 aromatic carbocycles. The van der Waals surface area contributed by atoms with Crippen LogP contribution in [0.4, 0.5) is 4.39 Å². The first-order chi connectivity index (χ1) is 10.2. The molecule has 0 aliphatic heterocycles. The van der Waals surface area contributed by atoms with E-state index in [4.69, 9.17) is 11.6 Å². The molecule has 3 rings (SSSR count). The Morgan fingerprint density at radius 2 is 1.86 bits per heavy atom. The van der Waals surface area contributed by atoms with Gasteiger partial charge in [-0.1, -0.05) is 29.8 Å². The molecule has 0 bridgehead atoms. The molecule has 1 heterocycles. The molecule has 0 unspecified atom stereocenters. The van der Waals surface area contributed by atoms with Gasteiger partial charge in [-0.15, -0.1) is 10.2 Å². The van der Waals surface area contributed by atoms with Crippen molar-refractivity contribution in [3.63, 3.8) is 0 Å². The highest BCUT2D eigenvalue weighted by Crippen LogP contribution is 2.27. The molecule has 21 heavy (non-hydrogen) atoms. The van der Waals surface area contributed by atoms with Crippen LogP contribution in [0, 0.1) is 5.82 Å². The summed E-state index contributed by atoms with van der Waals surface area (Å²) in [7, 11) is 0. The first kappa shape index (κ1) is 13.7. The zero-order valence-corrected chi connectivity index (χ0v) is 11.6. The van der Waals surface area contributed by atoms with Crippen molar-refractivity contribution in [1.29, 1.82) is 0 Å². The lowest BCUT2D eigenvalue weighted by atomic mass is 10.2. The Morgan fingerprint density at radius 1 is 1.10 bits per heavy atom. The minimum absolute atomic E-state index is 0.274. The molecule has 1 aromatic heterocycles. The lowest BCUT2D eigenvalue weighted by molar-refractivity contribution is 0.269. The van der Waals surface area contributed by atoms with E-state index in [0.29, 0.717) is 16.7 Å². The molecule has 4 nitrogen and oxygen atoms in total. The number of benzene rings is 2.